The molecule has 0 atom stereocenters. The largest absolute Gasteiger partial charge is 0.416 e. The zero-order valence-electron chi connectivity index (χ0n) is 15.7. The number of amides is 1. The maximum Gasteiger partial charge on any atom is 0.416 e. The fourth-order valence-electron chi connectivity index (χ4n) is 2.62. The summed E-state index contributed by atoms with van der Waals surface area (Å²) in [6.45, 7) is 4.16. The van der Waals surface area contributed by atoms with Crippen LogP contribution in [-0.2, 0) is 23.6 Å². The molecule has 29 heavy (non-hydrogen) atoms. The average molecular weight is 415 g/mol. The Morgan fingerprint density at radius 2 is 1.45 bits per heavy atom. The second-order valence-electron chi connectivity index (χ2n) is 6.96. The number of nitrogens with one attached hydrogen (secondary N) is 1. The lowest BCUT2D eigenvalue weighted by molar-refractivity contribution is -0.143. The lowest BCUT2D eigenvalue weighted by Crippen LogP contribution is -2.14. The Kier molecular flexibility index (Phi) is 6.77. The molecule has 0 fully saturated rings. The number of benzene rings is 2. The summed E-state index contributed by atoms with van der Waals surface area (Å²) in [4.78, 5) is 12.0. The van der Waals surface area contributed by atoms with Crippen molar-refractivity contribution in [1.82, 2.24) is 0 Å². The van der Waals surface area contributed by atoms with Crippen LogP contribution in [0.3, 0.4) is 0 Å². The van der Waals surface area contributed by atoms with Crippen LogP contribution in [0.4, 0.5) is 32.0 Å². The van der Waals surface area contributed by atoms with Crippen molar-refractivity contribution in [3.05, 3.63) is 70.8 Å². The Hall–Kier alpha value is -2.77. The van der Waals surface area contributed by atoms with Gasteiger partial charge in [0.2, 0.25) is 5.91 Å². The van der Waals surface area contributed by atoms with Gasteiger partial charge < -0.3 is 5.32 Å². The summed E-state index contributed by atoms with van der Waals surface area (Å²) in [5, 5.41) is 2.05. The van der Waals surface area contributed by atoms with Crippen molar-refractivity contribution in [2.75, 3.05) is 5.32 Å². The molecule has 0 unspecified atom stereocenters. The fraction of sp³-hybridized carbons (Fsp3) is 0.286. The number of carbonyl (C=O) groups excluding carboxylic acids is 1. The van der Waals surface area contributed by atoms with Gasteiger partial charge in [0, 0.05) is 11.8 Å². The molecule has 2 nitrogen and oxygen atoms in total. The molecule has 156 valence electrons. The predicted molar refractivity (Wildman–Crippen MR) is 99.1 cm³/mol. The van der Waals surface area contributed by atoms with Crippen LogP contribution in [-0.4, -0.2) is 5.91 Å². The molecule has 0 aliphatic carbocycles. The molecule has 0 saturated heterocycles. The van der Waals surface area contributed by atoms with Gasteiger partial charge in [-0.05, 0) is 47.7 Å². The van der Waals surface area contributed by atoms with E-state index >= 15 is 0 Å². The molecule has 8 heteroatoms. The number of hydrogen-bond donors (Lipinski definition) is 1. The van der Waals surface area contributed by atoms with Gasteiger partial charge in [0.05, 0.1) is 11.1 Å². The summed E-state index contributed by atoms with van der Waals surface area (Å²) in [5.74, 6) is -0.361. The van der Waals surface area contributed by atoms with Gasteiger partial charge in [-0.15, -0.1) is 0 Å². The van der Waals surface area contributed by atoms with Gasteiger partial charge >= 0.3 is 12.4 Å². The first-order chi connectivity index (χ1) is 13.3. The molecule has 0 aliphatic rings. The van der Waals surface area contributed by atoms with Crippen molar-refractivity contribution in [3.8, 4) is 0 Å². The minimum absolute atomic E-state index is 0.00418. The second kappa shape index (κ2) is 8.71. The molecule has 0 spiro atoms. The molecule has 0 saturated carbocycles. The van der Waals surface area contributed by atoms with E-state index in [9.17, 15) is 31.1 Å². The van der Waals surface area contributed by atoms with Crippen molar-refractivity contribution in [2.45, 2.75) is 32.6 Å². The molecule has 2 rings (SSSR count). The number of alkyl halides is 6. The molecule has 2 aromatic carbocycles. The Morgan fingerprint density at radius 3 is 1.90 bits per heavy atom. The Bertz CT molecular complexity index is 847. The molecule has 1 amide bonds. The van der Waals surface area contributed by atoms with E-state index in [2.05, 4.69) is 13.8 Å². The SMILES string of the molecule is CC(C)Cc1ccc(/C=C/C(=O)Nc2cc(C(F)(F)F)cc(C(F)(F)F)c2)cc1. The molecular weight excluding hydrogens is 396 g/mol. The van der Waals surface area contributed by atoms with Crippen molar-refractivity contribution < 1.29 is 31.1 Å². The van der Waals surface area contributed by atoms with Crippen molar-refractivity contribution in [3.63, 3.8) is 0 Å². The van der Waals surface area contributed by atoms with E-state index in [1.54, 1.807) is 12.1 Å². The number of halogens is 6. The average Bonchev–Trinajstić information content (AvgIpc) is 2.59. The van der Waals surface area contributed by atoms with Gasteiger partial charge in [-0.25, -0.2) is 0 Å². The first-order valence-corrected chi connectivity index (χ1v) is 8.72. The fourth-order valence-corrected chi connectivity index (χ4v) is 2.62. The molecule has 1 N–H and O–H groups in total. The number of hydrogen-bond acceptors (Lipinski definition) is 1. The highest BCUT2D eigenvalue weighted by Crippen LogP contribution is 2.37. The number of rotatable bonds is 5. The number of anilines is 1. The zero-order valence-corrected chi connectivity index (χ0v) is 15.7. The molecule has 0 radical (unpaired) electrons. The van der Waals surface area contributed by atoms with E-state index in [0.29, 0.717) is 23.6 Å². The van der Waals surface area contributed by atoms with Gasteiger partial charge in [-0.3, -0.25) is 4.79 Å². The lowest BCUT2D eigenvalue weighted by atomic mass is 10.0. The van der Waals surface area contributed by atoms with Crippen molar-refractivity contribution in [1.29, 1.82) is 0 Å². The van der Waals surface area contributed by atoms with Crippen molar-refractivity contribution >= 4 is 17.7 Å². The van der Waals surface area contributed by atoms with Crippen LogP contribution in [0.25, 0.3) is 6.08 Å². The second-order valence-corrected chi connectivity index (χ2v) is 6.96. The monoisotopic (exact) mass is 415 g/mol. The van der Waals surface area contributed by atoms with E-state index in [-0.39, 0.29) is 6.07 Å². The van der Waals surface area contributed by atoms with Gasteiger partial charge in [0.15, 0.2) is 0 Å². The van der Waals surface area contributed by atoms with Crippen molar-refractivity contribution in [2.24, 2.45) is 5.92 Å². The molecule has 0 aliphatic heterocycles. The minimum atomic E-state index is -4.98. The smallest absolute Gasteiger partial charge is 0.322 e. The van der Waals surface area contributed by atoms with E-state index in [4.69, 9.17) is 0 Å². The predicted octanol–water partition coefficient (Wildman–Crippen LogP) is 6.57. The maximum atomic E-state index is 12.9. The van der Waals surface area contributed by atoms with Crippen LogP contribution >= 0.6 is 0 Å². The summed E-state index contributed by atoms with van der Waals surface area (Å²) in [6, 6.07) is 8.24. The van der Waals surface area contributed by atoms with Gasteiger partial charge in [0.25, 0.3) is 0 Å². The maximum absolute atomic E-state index is 12.9. The third-order valence-electron chi connectivity index (χ3n) is 3.91. The van der Waals surface area contributed by atoms with Crippen LogP contribution in [0.2, 0.25) is 0 Å². The van der Waals surface area contributed by atoms with Gasteiger partial charge in [-0.2, -0.15) is 26.3 Å². The van der Waals surface area contributed by atoms with E-state index < -0.39 is 35.1 Å². The van der Waals surface area contributed by atoms with E-state index in [0.717, 1.165) is 18.1 Å². The standard InChI is InChI=1S/C21H19F6NO/c1-13(2)9-15-5-3-14(4-6-15)7-8-19(29)28-18-11-16(20(22,23)24)10-17(12-18)21(25,26)27/h3-8,10-13H,9H2,1-2H3,(H,28,29)/b8-7+. The summed E-state index contributed by atoms with van der Waals surface area (Å²) in [5.41, 5.74) is -1.79. The lowest BCUT2D eigenvalue weighted by Gasteiger charge is -2.14. The summed E-state index contributed by atoms with van der Waals surface area (Å²) in [7, 11) is 0. The Balaban J connectivity index is 2.16. The molecule has 0 bridgehead atoms. The number of carbonyl (C=O) groups is 1. The van der Waals surface area contributed by atoms with Gasteiger partial charge in [0.1, 0.15) is 0 Å². The minimum Gasteiger partial charge on any atom is -0.322 e. The van der Waals surface area contributed by atoms with E-state index in [1.165, 1.54) is 6.08 Å². The third kappa shape index (κ3) is 6.96. The quantitative estimate of drug-likeness (QED) is 0.434. The summed E-state index contributed by atoms with van der Waals surface area (Å²) in [6.07, 6.45) is -6.60. The summed E-state index contributed by atoms with van der Waals surface area (Å²) < 4.78 is 77.2. The molecule has 2 aromatic rings. The highest BCUT2D eigenvalue weighted by molar-refractivity contribution is 6.02. The Labute approximate surface area is 164 Å². The van der Waals surface area contributed by atoms with Crippen LogP contribution < -0.4 is 5.32 Å². The normalized spacial score (nSPS) is 12.6. The van der Waals surface area contributed by atoms with Crippen LogP contribution in [0.5, 0.6) is 0 Å². The first kappa shape index (κ1) is 22.5. The van der Waals surface area contributed by atoms with Gasteiger partial charge in [-0.1, -0.05) is 38.1 Å². The molecule has 0 aromatic heterocycles. The molecule has 0 heterocycles. The Morgan fingerprint density at radius 1 is 0.931 bits per heavy atom. The highest BCUT2D eigenvalue weighted by atomic mass is 19.4. The summed E-state index contributed by atoms with van der Waals surface area (Å²) >= 11 is 0. The van der Waals surface area contributed by atoms with Crippen LogP contribution in [0.1, 0.15) is 36.1 Å². The van der Waals surface area contributed by atoms with E-state index in [1.807, 2.05) is 17.4 Å². The topological polar surface area (TPSA) is 29.1 Å². The third-order valence-corrected chi connectivity index (χ3v) is 3.91. The highest BCUT2D eigenvalue weighted by Gasteiger charge is 2.37. The van der Waals surface area contributed by atoms with Crippen LogP contribution in [0.15, 0.2) is 48.5 Å². The molecular formula is C21H19F6NO. The first-order valence-electron chi connectivity index (χ1n) is 8.72. The zero-order chi connectivity index (χ0) is 21.8. The van der Waals surface area contributed by atoms with Crippen LogP contribution in [0, 0.1) is 5.92 Å².